The molecule has 0 unspecified atom stereocenters. The summed E-state index contributed by atoms with van der Waals surface area (Å²) in [4.78, 5) is 25.8. The zero-order chi connectivity index (χ0) is 17.1. The molecule has 3 heterocycles. The van der Waals surface area contributed by atoms with Crippen LogP contribution in [-0.4, -0.2) is 56.3 Å². The average Bonchev–Trinajstić information content (AvgIpc) is 3.02. The van der Waals surface area contributed by atoms with E-state index in [1.54, 1.807) is 18.3 Å². The zero-order valence-electron chi connectivity index (χ0n) is 13.5. The number of nitrogens with one attached hydrogen (secondary N) is 1. The van der Waals surface area contributed by atoms with E-state index in [1.165, 1.54) is 11.3 Å². The fourth-order valence-electron chi connectivity index (χ4n) is 2.33. The number of aromatic nitrogens is 2. The number of morpholine rings is 1. The molecule has 0 aromatic carbocycles. The molecule has 1 N–H and O–H groups in total. The third-order valence-electron chi connectivity index (χ3n) is 3.52. The molecule has 0 radical (unpaired) electrons. The SMILES string of the molecule is CN(C)c1nc(N2CCOCC2)ncc1NC(=O)c1ccc(Cl)s1. The van der Waals surface area contributed by atoms with Crippen molar-refractivity contribution in [2.45, 2.75) is 0 Å². The van der Waals surface area contributed by atoms with E-state index in [-0.39, 0.29) is 5.91 Å². The predicted molar refractivity (Wildman–Crippen MR) is 96.7 cm³/mol. The van der Waals surface area contributed by atoms with Crippen LogP contribution in [0.5, 0.6) is 0 Å². The molecule has 1 fully saturated rings. The minimum atomic E-state index is -0.224. The van der Waals surface area contributed by atoms with Gasteiger partial charge < -0.3 is 19.9 Å². The molecular weight excluding hydrogens is 350 g/mol. The molecule has 128 valence electrons. The van der Waals surface area contributed by atoms with Crippen LogP contribution in [0.25, 0.3) is 0 Å². The first-order valence-electron chi connectivity index (χ1n) is 7.48. The van der Waals surface area contributed by atoms with E-state index in [2.05, 4.69) is 20.2 Å². The molecule has 0 aliphatic carbocycles. The van der Waals surface area contributed by atoms with E-state index in [0.29, 0.717) is 39.9 Å². The van der Waals surface area contributed by atoms with E-state index < -0.39 is 0 Å². The molecule has 1 saturated heterocycles. The van der Waals surface area contributed by atoms with Crippen molar-refractivity contribution in [3.63, 3.8) is 0 Å². The molecular formula is C15H18ClN5O2S. The van der Waals surface area contributed by atoms with Crippen LogP contribution in [0.2, 0.25) is 4.34 Å². The van der Waals surface area contributed by atoms with E-state index >= 15 is 0 Å². The highest BCUT2D eigenvalue weighted by Crippen LogP contribution is 2.26. The van der Waals surface area contributed by atoms with Crippen LogP contribution in [0.4, 0.5) is 17.5 Å². The van der Waals surface area contributed by atoms with Crippen LogP contribution in [0.15, 0.2) is 18.3 Å². The molecule has 7 nitrogen and oxygen atoms in total. The molecule has 24 heavy (non-hydrogen) atoms. The lowest BCUT2D eigenvalue weighted by Crippen LogP contribution is -2.37. The number of thiophene rings is 1. The van der Waals surface area contributed by atoms with Gasteiger partial charge in [0.05, 0.1) is 28.6 Å². The van der Waals surface area contributed by atoms with E-state index in [4.69, 9.17) is 16.3 Å². The van der Waals surface area contributed by atoms with E-state index in [0.717, 1.165) is 13.1 Å². The number of nitrogens with zero attached hydrogens (tertiary/aromatic N) is 4. The highest BCUT2D eigenvalue weighted by atomic mass is 35.5. The van der Waals surface area contributed by atoms with Gasteiger partial charge in [-0.1, -0.05) is 11.6 Å². The molecule has 0 atom stereocenters. The Morgan fingerprint density at radius 3 is 2.75 bits per heavy atom. The van der Waals surface area contributed by atoms with Crippen molar-refractivity contribution in [2.24, 2.45) is 0 Å². The topological polar surface area (TPSA) is 70.6 Å². The van der Waals surface area contributed by atoms with Crippen molar-refractivity contribution >= 4 is 46.3 Å². The standard InChI is InChI=1S/C15H18ClN5O2S/c1-20(2)13-10(18-14(22)11-3-4-12(16)24-11)9-17-15(19-13)21-5-7-23-8-6-21/h3-4,9H,5-8H2,1-2H3,(H,18,22). The molecule has 3 rings (SSSR count). The summed E-state index contributed by atoms with van der Waals surface area (Å²) in [6.45, 7) is 2.84. The van der Waals surface area contributed by atoms with Crippen molar-refractivity contribution in [2.75, 3.05) is 55.5 Å². The molecule has 2 aromatic heterocycles. The van der Waals surface area contributed by atoms with Crippen molar-refractivity contribution in [1.82, 2.24) is 9.97 Å². The molecule has 0 bridgehead atoms. The molecule has 0 saturated carbocycles. The third-order valence-corrected chi connectivity index (χ3v) is 4.75. The second-order valence-corrected chi connectivity index (χ2v) is 7.17. The Labute approximate surface area is 149 Å². The van der Waals surface area contributed by atoms with Gasteiger partial charge in [0.25, 0.3) is 5.91 Å². The van der Waals surface area contributed by atoms with Gasteiger partial charge in [0, 0.05) is 27.2 Å². The number of ether oxygens (including phenoxy) is 1. The van der Waals surface area contributed by atoms with Crippen molar-refractivity contribution < 1.29 is 9.53 Å². The van der Waals surface area contributed by atoms with Gasteiger partial charge in [-0.3, -0.25) is 4.79 Å². The summed E-state index contributed by atoms with van der Waals surface area (Å²) < 4.78 is 5.93. The summed E-state index contributed by atoms with van der Waals surface area (Å²) in [7, 11) is 3.76. The Hall–Kier alpha value is -1.90. The summed E-state index contributed by atoms with van der Waals surface area (Å²) >= 11 is 7.12. The molecule has 1 aliphatic heterocycles. The van der Waals surface area contributed by atoms with Crippen LogP contribution < -0.4 is 15.1 Å². The molecule has 2 aromatic rings. The first kappa shape index (κ1) is 16.9. The smallest absolute Gasteiger partial charge is 0.265 e. The number of hydrogen-bond acceptors (Lipinski definition) is 7. The summed E-state index contributed by atoms with van der Waals surface area (Å²) in [6, 6.07) is 3.40. The van der Waals surface area contributed by atoms with Gasteiger partial charge in [0.15, 0.2) is 5.82 Å². The first-order chi connectivity index (χ1) is 11.5. The Morgan fingerprint density at radius 1 is 1.38 bits per heavy atom. The Balaban J connectivity index is 1.83. The van der Waals surface area contributed by atoms with Gasteiger partial charge in [-0.25, -0.2) is 4.98 Å². The van der Waals surface area contributed by atoms with Gasteiger partial charge in [-0.05, 0) is 12.1 Å². The van der Waals surface area contributed by atoms with Crippen molar-refractivity contribution in [3.05, 3.63) is 27.5 Å². The second kappa shape index (κ2) is 7.33. The summed E-state index contributed by atoms with van der Waals surface area (Å²) in [5.74, 6) is 1.07. The largest absolute Gasteiger partial charge is 0.378 e. The fraction of sp³-hybridized carbons (Fsp3) is 0.400. The second-order valence-electron chi connectivity index (χ2n) is 5.46. The summed E-state index contributed by atoms with van der Waals surface area (Å²) in [5.41, 5.74) is 0.562. The Bertz CT molecular complexity index is 730. The number of rotatable bonds is 4. The Morgan fingerprint density at radius 2 is 2.12 bits per heavy atom. The van der Waals surface area contributed by atoms with Crippen LogP contribution in [0, 0.1) is 0 Å². The van der Waals surface area contributed by atoms with Crippen LogP contribution in [0.3, 0.4) is 0 Å². The fourth-order valence-corrected chi connectivity index (χ4v) is 3.27. The highest BCUT2D eigenvalue weighted by molar-refractivity contribution is 7.18. The average molecular weight is 368 g/mol. The molecule has 0 spiro atoms. The predicted octanol–water partition coefficient (Wildman–Crippen LogP) is 2.35. The lowest BCUT2D eigenvalue weighted by Gasteiger charge is -2.28. The first-order valence-corrected chi connectivity index (χ1v) is 8.68. The van der Waals surface area contributed by atoms with Crippen LogP contribution in [-0.2, 0) is 4.74 Å². The monoisotopic (exact) mass is 367 g/mol. The van der Waals surface area contributed by atoms with Crippen molar-refractivity contribution in [3.8, 4) is 0 Å². The van der Waals surface area contributed by atoms with Crippen LogP contribution in [0.1, 0.15) is 9.67 Å². The normalized spacial score (nSPS) is 14.5. The zero-order valence-corrected chi connectivity index (χ0v) is 15.0. The summed E-state index contributed by atoms with van der Waals surface area (Å²) in [6.07, 6.45) is 1.64. The van der Waals surface area contributed by atoms with E-state index in [9.17, 15) is 4.79 Å². The van der Waals surface area contributed by atoms with E-state index in [1.807, 2.05) is 19.0 Å². The number of anilines is 3. The molecule has 9 heteroatoms. The maximum atomic E-state index is 12.3. The van der Waals surface area contributed by atoms with Gasteiger partial charge in [0.2, 0.25) is 5.95 Å². The maximum absolute atomic E-state index is 12.3. The number of amides is 1. The lowest BCUT2D eigenvalue weighted by molar-refractivity contribution is 0.103. The quantitative estimate of drug-likeness (QED) is 0.894. The number of carbonyl (C=O) groups is 1. The van der Waals surface area contributed by atoms with Crippen molar-refractivity contribution in [1.29, 1.82) is 0 Å². The third kappa shape index (κ3) is 3.77. The number of carbonyl (C=O) groups excluding carboxylic acids is 1. The van der Waals surface area contributed by atoms with Crippen LogP contribution >= 0.6 is 22.9 Å². The molecule has 1 amide bonds. The highest BCUT2D eigenvalue weighted by Gasteiger charge is 2.18. The van der Waals surface area contributed by atoms with Gasteiger partial charge in [-0.2, -0.15) is 4.98 Å². The molecule has 1 aliphatic rings. The Kier molecular flexibility index (Phi) is 5.17. The summed E-state index contributed by atoms with van der Waals surface area (Å²) in [5, 5.41) is 2.85. The number of halogens is 1. The van der Waals surface area contributed by atoms with Gasteiger partial charge in [-0.15, -0.1) is 11.3 Å². The number of hydrogen-bond donors (Lipinski definition) is 1. The maximum Gasteiger partial charge on any atom is 0.265 e. The minimum absolute atomic E-state index is 0.224. The van der Waals surface area contributed by atoms with Gasteiger partial charge in [0.1, 0.15) is 5.69 Å². The lowest BCUT2D eigenvalue weighted by atomic mass is 10.3. The minimum Gasteiger partial charge on any atom is -0.378 e. The van der Waals surface area contributed by atoms with Gasteiger partial charge >= 0.3 is 0 Å².